The number of nitrogens with zero attached hydrogens (tertiary/aromatic N) is 4. The van der Waals surface area contributed by atoms with Crippen LogP contribution in [0.15, 0.2) is 15.0 Å². The Balaban J connectivity index is 3.66. The number of unbranched alkanes of at least 4 members (excludes halogenated alkanes) is 1. The van der Waals surface area contributed by atoms with Gasteiger partial charge in [0.25, 0.3) is 0 Å². The highest BCUT2D eigenvalue weighted by molar-refractivity contribution is 7.98. The molecule has 1 fully saturated rings. The molecule has 0 aromatic carbocycles. The van der Waals surface area contributed by atoms with E-state index in [1.807, 2.05) is 0 Å². The number of hydrogen-bond donors (Lipinski definition) is 20. The minimum atomic E-state index is -1.73. The molecule has 0 spiro atoms. The van der Waals surface area contributed by atoms with Crippen LogP contribution >= 0.6 is 11.8 Å². The largest absolute Gasteiger partial charge is 0.480 e. The molecule has 0 bridgehead atoms. The van der Waals surface area contributed by atoms with Gasteiger partial charge in [0, 0.05) is 26.2 Å². The van der Waals surface area contributed by atoms with Gasteiger partial charge in [0.1, 0.15) is 60.4 Å². The minimum Gasteiger partial charge on any atom is -0.480 e. The number of nitrogens with two attached hydrogens (primary N) is 8. The number of carbonyl (C=O) groups is 10. The smallest absolute Gasteiger partial charge is 0.326 e. The Bertz CT molecular complexity index is 2270. The summed E-state index contributed by atoms with van der Waals surface area (Å²) in [4.78, 5) is 150. The number of aliphatic hydroxyl groups excluding tert-OH is 3. The topological polar surface area (TPSA) is 596 Å². The molecular weight excluding hydrogens is 1140 g/mol. The summed E-state index contributed by atoms with van der Waals surface area (Å²) in [5.41, 5.74) is 44.3. The van der Waals surface area contributed by atoms with Crippen LogP contribution in [0.4, 0.5) is 0 Å². The average molecular weight is 1230 g/mol. The molecule has 0 saturated carbocycles. The summed E-state index contributed by atoms with van der Waals surface area (Å²) in [5.74, 6) is -10.5. The highest BCUT2D eigenvalue weighted by atomic mass is 32.2. The van der Waals surface area contributed by atoms with Crippen molar-refractivity contribution < 1.29 is 68.4 Å². The van der Waals surface area contributed by atoms with Crippen LogP contribution in [0.5, 0.6) is 0 Å². The van der Waals surface area contributed by atoms with Gasteiger partial charge in [-0.05, 0) is 108 Å². The van der Waals surface area contributed by atoms with Crippen molar-refractivity contribution in [2.45, 2.75) is 171 Å². The van der Waals surface area contributed by atoms with Crippen molar-refractivity contribution in [3.63, 3.8) is 0 Å². The maximum Gasteiger partial charge on any atom is 0.326 e. The summed E-state index contributed by atoms with van der Waals surface area (Å²) < 4.78 is 0. The van der Waals surface area contributed by atoms with Gasteiger partial charge in [-0.1, -0.05) is 20.3 Å². The molecule has 0 aromatic rings. The summed E-state index contributed by atoms with van der Waals surface area (Å²) in [6.07, 6.45) is 1.61. The third-order valence-electron chi connectivity index (χ3n) is 13.6. The van der Waals surface area contributed by atoms with Gasteiger partial charge in [-0.2, -0.15) is 11.8 Å². The molecule has 1 aliphatic heterocycles. The number of thioether (sulfide) groups is 1. The van der Waals surface area contributed by atoms with E-state index in [2.05, 4.69) is 57.5 Å². The van der Waals surface area contributed by atoms with Crippen molar-refractivity contribution in [1.82, 2.24) is 47.4 Å². The van der Waals surface area contributed by atoms with Gasteiger partial charge in [0.15, 0.2) is 17.9 Å². The first-order chi connectivity index (χ1) is 40.2. The summed E-state index contributed by atoms with van der Waals surface area (Å²) in [5, 5.41) is 60.6. The second-order valence-electron chi connectivity index (χ2n) is 20.4. The van der Waals surface area contributed by atoms with Crippen LogP contribution in [0.25, 0.3) is 0 Å². The minimum absolute atomic E-state index is 0.00902. The van der Waals surface area contributed by atoms with E-state index in [0.29, 0.717) is 38.0 Å². The van der Waals surface area contributed by atoms with Crippen LogP contribution in [0.1, 0.15) is 104 Å². The first-order valence-electron chi connectivity index (χ1n) is 28.1. The van der Waals surface area contributed by atoms with E-state index in [0.717, 1.165) is 4.90 Å². The van der Waals surface area contributed by atoms with E-state index in [1.54, 1.807) is 20.1 Å². The van der Waals surface area contributed by atoms with Crippen molar-refractivity contribution >= 4 is 88.8 Å². The number of likely N-dealkylation sites (tertiary alicyclic amines) is 1. The number of aliphatic carboxylic acids is 1. The number of hydrogen-bond acceptors (Lipinski definition) is 19. The first kappa shape index (κ1) is 75.7. The maximum absolute atomic E-state index is 14.5. The van der Waals surface area contributed by atoms with E-state index in [9.17, 15) is 68.4 Å². The van der Waals surface area contributed by atoms with E-state index in [4.69, 9.17) is 45.9 Å². The third kappa shape index (κ3) is 28.4. The Morgan fingerprint density at radius 2 is 0.988 bits per heavy atom. The van der Waals surface area contributed by atoms with Crippen LogP contribution in [0, 0.1) is 5.92 Å². The summed E-state index contributed by atoms with van der Waals surface area (Å²) in [6, 6.07) is -14.3. The van der Waals surface area contributed by atoms with Crippen LogP contribution in [-0.4, -0.2) is 227 Å². The van der Waals surface area contributed by atoms with Crippen LogP contribution in [0.3, 0.4) is 0 Å². The first-order valence-corrected chi connectivity index (χ1v) is 29.5. The predicted octanol–water partition coefficient (Wildman–Crippen LogP) is -8.28. The lowest BCUT2D eigenvalue weighted by molar-refractivity contribution is -0.145. The lowest BCUT2D eigenvalue weighted by atomic mass is 9.97. The fourth-order valence-corrected chi connectivity index (χ4v) is 9.03. The zero-order chi connectivity index (χ0) is 64.3. The third-order valence-corrected chi connectivity index (χ3v) is 14.2. The Kier molecular flexibility index (Phi) is 36.4. The number of aliphatic hydroxyl groups is 3. The number of amides is 9. The average Bonchev–Trinajstić information content (AvgIpc) is 3.73. The number of carboxylic acids is 1. The molecular formula is C50H94N20O14S. The van der Waals surface area contributed by atoms with Gasteiger partial charge < -0.3 is 114 Å². The Morgan fingerprint density at radius 3 is 1.40 bits per heavy atom. The fourth-order valence-electron chi connectivity index (χ4n) is 8.55. The molecule has 0 unspecified atom stereocenters. The molecule has 1 heterocycles. The second kappa shape index (κ2) is 40.8. The number of guanidine groups is 3. The van der Waals surface area contributed by atoms with Gasteiger partial charge in [-0.3, -0.25) is 58.1 Å². The molecule has 1 saturated heterocycles. The Morgan fingerprint density at radius 1 is 0.565 bits per heavy atom. The summed E-state index contributed by atoms with van der Waals surface area (Å²) in [6.45, 7) is 3.00. The highest BCUT2D eigenvalue weighted by Gasteiger charge is 2.42. The number of nitrogens with one attached hydrogen (secondary N) is 8. The zero-order valence-electron chi connectivity index (χ0n) is 49.0. The Hall–Kier alpha value is -7.34. The normalized spacial score (nSPS) is 16.7. The van der Waals surface area contributed by atoms with E-state index in [1.165, 1.54) is 18.7 Å². The quantitative estimate of drug-likeness (QED) is 0.0153. The van der Waals surface area contributed by atoms with E-state index >= 15 is 0 Å². The molecule has 85 heavy (non-hydrogen) atoms. The number of rotatable bonds is 42. The number of carboxylic acid groups (broad SMARTS) is 1. The highest BCUT2D eigenvalue weighted by Crippen LogP contribution is 2.21. The van der Waals surface area contributed by atoms with Crippen LogP contribution < -0.4 is 88.4 Å². The molecule has 0 aliphatic carbocycles. The van der Waals surface area contributed by atoms with Crippen molar-refractivity contribution in [3.8, 4) is 0 Å². The van der Waals surface area contributed by atoms with Crippen LogP contribution in [-0.2, 0) is 47.9 Å². The molecule has 28 N–H and O–H groups in total. The van der Waals surface area contributed by atoms with Crippen molar-refractivity contribution in [2.75, 3.05) is 57.9 Å². The molecule has 484 valence electrons. The van der Waals surface area contributed by atoms with Crippen molar-refractivity contribution in [2.24, 2.45) is 66.8 Å². The lowest BCUT2D eigenvalue weighted by Crippen LogP contribution is -2.62. The molecule has 9 amide bonds. The van der Waals surface area contributed by atoms with Crippen LogP contribution in [0.2, 0.25) is 0 Å². The molecule has 0 aromatic heterocycles. The maximum atomic E-state index is 14.5. The monoisotopic (exact) mass is 1230 g/mol. The van der Waals surface area contributed by atoms with Crippen molar-refractivity contribution in [1.29, 1.82) is 0 Å². The zero-order valence-corrected chi connectivity index (χ0v) is 49.8. The fraction of sp³-hybridized carbons (Fsp3) is 0.740. The van der Waals surface area contributed by atoms with Gasteiger partial charge in [-0.25, -0.2) is 4.79 Å². The standard InChI is InChI=1S/C50H94N20O14S/c1-5-26(2)36(68-38(74)28(52)24-71)45(81)67-34(25-72)43(79)64-30(14-9-20-60-49(55)56)40(76)62-29(13-8-19-59-48(53)54)39(75)63-31(15-10-21-61-50(57)58)42(78)69-37(27(3)73)46(82)70-22-11-16-35(70)44(80)65-32(17-23-85-4)41(77)66-33(47(83)84)12-6-7-18-51/h26-37,71-73H,5-25,51-52H2,1-4H3,(H,62,76)(H,63,75)(H,64,79)(H,65,80)(H,66,77)(H,67,81)(H,68,74)(H,69,78)(H,83,84)(H4,53,54,59)(H4,55,56,60)(H4,57,58,61)/t26-,27+,28-,29-,30-,31-,32-,33-,34-,35-,36-,37-/m0/s1. The van der Waals surface area contributed by atoms with E-state index < -0.39 is 145 Å². The lowest BCUT2D eigenvalue weighted by Gasteiger charge is -2.32. The van der Waals surface area contributed by atoms with E-state index in [-0.39, 0.29) is 102 Å². The summed E-state index contributed by atoms with van der Waals surface area (Å²) in [7, 11) is 0. The van der Waals surface area contributed by atoms with Crippen molar-refractivity contribution in [3.05, 3.63) is 0 Å². The Labute approximate surface area is 498 Å². The molecule has 35 heteroatoms. The SMILES string of the molecule is CC[C@H](C)[C@H](NC(=O)[C@@H](N)CO)C(=O)N[C@@H](CO)C(=O)N[C@@H](CCCN=C(N)N)C(=O)N[C@@H](CCCN=C(N)N)C(=O)N[C@@H](CCCN=C(N)N)C(=O)N[C@H](C(=O)N1CCC[C@H]1C(=O)N[C@@H](CCSC)C(=O)N[C@@H](CCCCN)C(=O)O)[C@@H](C)O. The van der Waals surface area contributed by atoms with Gasteiger partial charge in [0.05, 0.1) is 19.3 Å². The molecule has 1 rings (SSSR count). The second-order valence-corrected chi connectivity index (χ2v) is 21.4. The summed E-state index contributed by atoms with van der Waals surface area (Å²) >= 11 is 1.38. The molecule has 0 radical (unpaired) electrons. The molecule has 34 nitrogen and oxygen atoms in total. The molecule has 12 atom stereocenters. The van der Waals surface area contributed by atoms with Gasteiger partial charge in [0.2, 0.25) is 53.2 Å². The van der Waals surface area contributed by atoms with Gasteiger partial charge >= 0.3 is 5.97 Å². The molecule has 1 aliphatic rings. The number of aliphatic imine (C=N–C) groups is 3. The number of carbonyl (C=O) groups excluding carboxylic acids is 9. The van der Waals surface area contributed by atoms with Gasteiger partial charge in [-0.15, -0.1) is 0 Å². The predicted molar refractivity (Wildman–Crippen MR) is 317 cm³/mol.